The summed E-state index contributed by atoms with van der Waals surface area (Å²) in [7, 11) is 2.76. The second-order valence-corrected chi connectivity index (χ2v) is 14.3. The smallest absolute Gasteiger partial charge is 0.407 e. The minimum absolute atomic E-state index is 0.000408. The third kappa shape index (κ3) is 9.55. The third-order valence-corrected chi connectivity index (χ3v) is 9.52. The van der Waals surface area contributed by atoms with E-state index in [2.05, 4.69) is 26.1 Å². The number of carbonyl (C=O) groups is 5. The summed E-state index contributed by atoms with van der Waals surface area (Å²) in [5.41, 5.74) is 0.145. The highest BCUT2D eigenvalue weighted by Crippen LogP contribution is 2.41. The van der Waals surface area contributed by atoms with Crippen LogP contribution in [0.3, 0.4) is 0 Å². The molecule has 0 spiro atoms. The maximum Gasteiger partial charge on any atom is 0.407 e. The van der Waals surface area contributed by atoms with E-state index in [0.717, 1.165) is 11.3 Å². The Morgan fingerprint density at radius 1 is 1.14 bits per heavy atom. The molecule has 0 aliphatic carbocycles. The number of carbonyl (C=O) groups excluding carboxylic acids is 5. The second-order valence-electron chi connectivity index (χ2n) is 11.4. The lowest BCUT2D eigenvalue weighted by Crippen LogP contribution is -2.71. The zero-order chi connectivity index (χ0) is 35.9. The molecule has 4 rings (SSSR count). The third-order valence-electron chi connectivity index (χ3n) is 6.69. The highest BCUT2D eigenvalue weighted by atomic mass is 35.5. The number of esters is 1. The highest BCUT2D eigenvalue weighted by Gasteiger charge is 2.54. The number of thioether (sulfide) groups is 1. The van der Waals surface area contributed by atoms with Crippen LogP contribution >= 0.6 is 46.3 Å². The number of methoxy groups -OCH3 is 1. The van der Waals surface area contributed by atoms with Crippen molar-refractivity contribution in [1.29, 1.82) is 0 Å². The van der Waals surface area contributed by atoms with Gasteiger partial charge in [0, 0.05) is 24.6 Å². The largest absolute Gasteiger partial charge is 0.497 e. The van der Waals surface area contributed by atoms with E-state index >= 15 is 0 Å². The number of ether oxygens (including phenoxy) is 3. The molecule has 2 aliphatic heterocycles. The number of rotatable bonds is 13. The number of thiazole rings is 1. The number of hydrogen-bond acceptors (Lipinski definition) is 13. The van der Waals surface area contributed by atoms with Crippen LogP contribution in [-0.4, -0.2) is 94.8 Å². The van der Waals surface area contributed by atoms with Crippen molar-refractivity contribution < 1.29 is 43.0 Å². The van der Waals surface area contributed by atoms with E-state index in [1.165, 1.54) is 23.8 Å². The van der Waals surface area contributed by atoms with Crippen LogP contribution in [0.25, 0.3) is 0 Å². The number of nitrogens with zero attached hydrogens (tertiary/aromatic N) is 3. The maximum absolute atomic E-state index is 13.4. The molecule has 264 valence electrons. The van der Waals surface area contributed by atoms with Crippen LogP contribution in [0.1, 0.15) is 38.4 Å². The summed E-state index contributed by atoms with van der Waals surface area (Å²) in [5, 5.41) is 10.9. The Morgan fingerprint density at radius 3 is 2.49 bits per heavy atom. The van der Waals surface area contributed by atoms with Gasteiger partial charge in [-0.1, -0.05) is 40.2 Å². The predicted octanol–water partition coefficient (Wildman–Crippen LogP) is 3.65. The molecule has 3 N–H and O–H groups in total. The summed E-state index contributed by atoms with van der Waals surface area (Å²) < 4.78 is 15.8. The fourth-order valence-electron chi connectivity index (χ4n) is 4.48. The lowest BCUT2D eigenvalue weighted by Gasteiger charge is -2.49. The van der Waals surface area contributed by atoms with E-state index in [4.69, 9.17) is 42.3 Å². The van der Waals surface area contributed by atoms with Gasteiger partial charge in [0.2, 0.25) is 5.91 Å². The molecule has 49 heavy (non-hydrogen) atoms. The van der Waals surface area contributed by atoms with E-state index in [1.807, 2.05) is 0 Å². The molecule has 0 saturated carbocycles. The van der Waals surface area contributed by atoms with Crippen molar-refractivity contribution in [2.45, 2.75) is 50.8 Å². The maximum atomic E-state index is 13.4. The lowest BCUT2D eigenvalue weighted by atomic mass is 10.0. The van der Waals surface area contributed by atoms with Gasteiger partial charge in [-0.15, -0.1) is 23.4 Å². The number of benzene rings is 1. The number of nitrogens with one attached hydrogen (secondary N) is 3. The van der Waals surface area contributed by atoms with Crippen molar-refractivity contribution >= 4 is 86.9 Å². The van der Waals surface area contributed by atoms with Gasteiger partial charge in [0.15, 0.2) is 10.8 Å². The summed E-state index contributed by atoms with van der Waals surface area (Å²) in [4.78, 5) is 74.6. The molecule has 15 nitrogen and oxygen atoms in total. The first-order chi connectivity index (χ1) is 23.3. The summed E-state index contributed by atoms with van der Waals surface area (Å²) in [6, 6.07) is 5.94. The first kappa shape index (κ1) is 37.8. The Kier molecular flexibility index (Phi) is 12.8. The van der Waals surface area contributed by atoms with Crippen molar-refractivity contribution in [3.8, 4) is 5.75 Å². The van der Waals surface area contributed by atoms with E-state index in [1.54, 1.807) is 52.1 Å². The first-order valence-corrected chi connectivity index (χ1v) is 17.4. The molecule has 19 heteroatoms. The Bertz CT molecular complexity index is 1660. The Morgan fingerprint density at radius 2 is 1.86 bits per heavy atom. The van der Waals surface area contributed by atoms with Crippen molar-refractivity contribution in [3.63, 3.8) is 0 Å². The number of aromatic nitrogens is 1. The lowest BCUT2D eigenvalue weighted by molar-refractivity contribution is -0.153. The summed E-state index contributed by atoms with van der Waals surface area (Å²) in [6.45, 7) is 5.11. The number of oxime groups is 1. The minimum Gasteiger partial charge on any atom is -0.497 e. The van der Waals surface area contributed by atoms with E-state index in [-0.39, 0.29) is 52.0 Å². The molecular weight excluding hydrogens is 723 g/mol. The van der Waals surface area contributed by atoms with Gasteiger partial charge in [0.1, 0.15) is 52.2 Å². The highest BCUT2D eigenvalue weighted by molar-refractivity contribution is 8.00. The molecular formula is C30H34Cl2N6O9S2. The van der Waals surface area contributed by atoms with Gasteiger partial charge in [-0.25, -0.2) is 14.6 Å². The number of β-lactam (4-membered cyclic amide) rings is 1. The number of alkyl halides is 1. The predicted molar refractivity (Wildman–Crippen MR) is 184 cm³/mol. The Hall–Kier alpha value is -4.06. The van der Waals surface area contributed by atoms with Crippen LogP contribution in [-0.2, 0) is 40.1 Å². The van der Waals surface area contributed by atoms with E-state index in [0.29, 0.717) is 22.6 Å². The molecule has 1 fully saturated rings. The van der Waals surface area contributed by atoms with Crippen molar-refractivity contribution in [2.24, 2.45) is 5.16 Å². The number of halogens is 2. The number of fused-ring (bicyclic) bond motifs is 1. The second kappa shape index (κ2) is 16.6. The normalized spacial score (nSPS) is 17.4. The molecule has 4 amide bonds. The topological polar surface area (TPSA) is 187 Å². The molecule has 1 aromatic heterocycles. The fourth-order valence-corrected chi connectivity index (χ4v) is 7.22. The van der Waals surface area contributed by atoms with E-state index in [9.17, 15) is 24.0 Å². The average Bonchev–Trinajstić information content (AvgIpc) is 3.41. The number of alkyl carbamates (subject to hydrolysis) is 1. The van der Waals surface area contributed by atoms with Gasteiger partial charge in [0.05, 0.1) is 7.11 Å². The van der Waals surface area contributed by atoms with Crippen LogP contribution in [0, 0.1) is 0 Å². The van der Waals surface area contributed by atoms with Crippen LogP contribution in [0.4, 0.5) is 9.93 Å². The minimum atomic E-state index is -1.03. The van der Waals surface area contributed by atoms with Crippen molar-refractivity contribution in [3.05, 3.63) is 51.1 Å². The average molecular weight is 758 g/mol. The molecule has 0 bridgehead atoms. The molecule has 1 saturated heterocycles. The molecule has 2 aliphatic rings. The van der Waals surface area contributed by atoms with Gasteiger partial charge in [0.25, 0.3) is 11.8 Å². The number of amides is 4. The van der Waals surface area contributed by atoms with Gasteiger partial charge in [-0.2, -0.15) is 0 Å². The Balaban J connectivity index is 1.38. The SMILES string of the molecule is CO/N=C(\C(=O)N[C@@H]1C(=O)N2C(C(=O)OCc3ccc(OC)cc3)=C(CCl)CS[C@H]12)c1nc(NC(=O)CCNC(=O)OC(C)(C)C)sc1Cl. The van der Waals surface area contributed by atoms with Gasteiger partial charge < -0.3 is 35.0 Å². The van der Waals surface area contributed by atoms with Gasteiger partial charge in [-0.05, 0) is 44.0 Å². The molecule has 2 aromatic rings. The molecule has 0 unspecified atom stereocenters. The Labute approximate surface area is 300 Å². The summed E-state index contributed by atoms with van der Waals surface area (Å²) >= 11 is 14.7. The van der Waals surface area contributed by atoms with Crippen molar-refractivity contribution in [1.82, 2.24) is 20.5 Å². The monoisotopic (exact) mass is 756 g/mol. The first-order valence-electron chi connectivity index (χ1n) is 14.6. The van der Waals surface area contributed by atoms with E-state index < -0.39 is 46.8 Å². The molecule has 3 heterocycles. The standard InChI is InChI=1S/C30H34Cl2N6O9S2/c1-30(2,3)47-29(43)33-11-10-18(39)34-28-36-19(23(32)49-28)20(37-45-5)24(40)35-21-25(41)38-22(16(12-31)14-48-26(21)38)27(42)46-13-15-6-8-17(44-4)9-7-15/h6-9,21,26H,10-14H2,1-5H3,(H,33,43)(H,35,40)(H,34,36,39)/b37-20-/t21-,26-/m1/s1. The van der Waals surface area contributed by atoms with Crippen LogP contribution in [0.5, 0.6) is 5.75 Å². The van der Waals surface area contributed by atoms with Crippen LogP contribution < -0.4 is 20.7 Å². The fraction of sp³-hybridized carbons (Fsp3) is 0.433. The molecule has 0 radical (unpaired) electrons. The summed E-state index contributed by atoms with van der Waals surface area (Å²) in [6.07, 6.45) is -0.760. The number of hydrogen-bond donors (Lipinski definition) is 3. The summed E-state index contributed by atoms with van der Waals surface area (Å²) in [5.74, 6) is -1.62. The van der Waals surface area contributed by atoms with Crippen molar-refractivity contribution in [2.75, 3.05) is 37.7 Å². The molecule has 1 aromatic carbocycles. The number of anilines is 1. The van der Waals surface area contributed by atoms with Gasteiger partial charge >= 0.3 is 12.1 Å². The van der Waals surface area contributed by atoms with Gasteiger partial charge in [-0.3, -0.25) is 19.3 Å². The van der Waals surface area contributed by atoms with Crippen LogP contribution in [0.15, 0.2) is 40.7 Å². The zero-order valence-electron chi connectivity index (χ0n) is 27.1. The van der Waals surface area contributed by atoms with Crippen LogP contribution in [0.2, 0.25) is 4.34 Å². The quantitative estimate of drug-likeness (QED) is 0.0891. The zero-order valence-corrected chi connectivity index (χ0v) is 30.2. The molecule has 2 atom stereocenters.